The maximum absolute atomic E-state index is 10.1. The number of hydrogen-bond acceptors (Lipinski definition) is 3. The van der Waals surface area contributed by atoms with Crippen molar-refractivity contribution in [1.82, 2.24) is 0 Å². The van der Waals surface area contributed by atoms with Crippen molar-refractivity contribution in [3.63, 3.8) is 0 Å². The van der Waals surface area contributed by atoms with Crippen LogP contribution in [-0.2, 0) is 21.7 Å². The third-order valence-corrected chi connectivity index (χ3v) is 2.11. The first-order valence-electron chi connectivity index (χ1n) is 10.1. The third kappa shape index (κ3) is 106. The van der Waals surface area contributed by atoms with Crippen LogP contribution in [0.5, 0.6) is 0 Å². The van der Waals surface area contributed by atoms with Crippen LogP contribution in [0.25, 0.3) is 0 Å². The van der Waals surface area contributed by atoms with E-state index in [1.54, 1.807) is 62.3 Å². The molecular formula is C26H48O3Ti. The minimum atomic E-state index is -0.750. The van der Waals surface area contributed by atoms with Crippen LogP contribution in [0.3, 0.4) is 0 Å². The zero-order valence-corrected chi connectivity index (χ0v) is 23.6. The van der Waals surface area contributed by atoms with Crippen LogP contribution in [0, 0.1) is 11.5 Å². The van der Waals surface area contributed by atoms with Gasteiger partial charge in [0.05, 0.1) is 0 Å². The minimum absolute atomic E-state index is 0. The molecule has 1 aliphatic rings. The summed E-state index contributed by atoms with van der Waals surface area (Å²) in [6.07, 6.45) is 14.4. The standard InChI is InChI=1S/C8H11.C6H10.3C4H9O.Ti/c1-8(2)6-4-3-5-7-8;1-4-6(3)5-2;3*1-4(2,3)5;/h3-5H,6H2,1-2H3;4-5H,1H2,2-3H3;3*1-3H3;/q-1;;3*-1;+4. The summed E-state index contributed by atoms with van der Waals surface area (Å²) in [5.41, 5.74) is -0.732. The fraction of sp³-hybridized carbons (Fsp3) is 0.692. The van der Waals surface area contributed by atoms with E-state index in [2.05, 4.69) is 32.6 Å². The first kappa shape index (κ1) is 40.0. The van der Waals surface area contributed by atoms with Crippen molar-refractivity contribution in [1.29, 1.82) is 0 Å². The molecule has 0 saturated carbocycles. The number of hydrogen-bond donors (Lipinski definition) is 0. The van der Waals surface area contributed by atoms with Crippen molar-refractivity contribution < 1.29 is 37.0 Å². The fourth-order valence-corrected chi connectivity index (χ4v) is 0.881. The maximum atomic E-state index is 10.1. The molecule has 0 unspecified atom stereocenters. The van der Waals surface area contributed by atoms with Crippen molar-refractivity contribution in [2.75, 3.05) is 0 Å². The molecule has 174 valence electrons. The quantitative estimate of drug-likeness (QED) is 0.320. The summed E-state index contributed by atoms with van der Waals surface area (Å²) in [5.74, 6) is 0. The zero-order chi connectivity index (χ0) is 24.5. The Kier molecular flexibility index (Phi) is 25.7. The third-order valence-electron chi connectivity index (χ3n) is 2.11. The van der Waals surface area contributed by atoms with E-state index < -0.39 is 16.8 Å². The summed E-state index contributed by atoms with van der Waals surface area (Å²) in [6, 6.07) is 0. The largest absolute Gasteiger partial charge is 4.00 e. The Morgan fingerprint density at radius 2 is 1.20 bits per heavy atom. The van der Waals surface area contributed by atoms with E-state index in [1.165, 1.54) is 5.57 Å². The van der Waals surface area contributed by atoms with E-state index in [0.29, 0.717) is 0 Å². The first-order valence-corrected chi connectivity index (χ1v) is 10.1. The van der Waals surface area contributed by atoms with Crippen molar-refractivity contribution in [3.8, 4) is 0 Å². The van der Waals surface area contributed by atoms with Gasteiger partial charge < -0.3 is 15.3 Å². The van der Waals surface area contributed by atoms with Gasteiger partial charge in [-0.2, -0.15) is 6.08 Å². The number of rotatable bonds is 1. The van der Waals surface area contributed by atoms with E-state index in [9.17, 15) is 15.3 Å². The summed E-state index contributed by atoms with van der Waals surface area (Å²) in [6.45, 7) is 26.6. The summed E-state index contributed by atoms with van der Waals surface area (Å²) in [7, 11) is 0. The summed E-state index contributed by atoms with van der Waals surface area (Å²) >= 11 is 0. The van der Waals surface area contributed by atoms with Crippen molar-refractivity contribution in [3.05, 3.63) is 48.6 Å². The van der Waals surface area contributed by atoms with Gasteiger partial charge >= 0.3 is 21.7 Å². The molecule has 0 atom stereocenters. The van der Waals surface area contributed by atoms with Gasteiger partial charge in [0, 0.05) is 0 Å². The molecule has 0 N–H and O–H groups in total. The molecular weight excluding hydrogens is 408 g/mol. The molecule has 0 aromatic rings. The Labute approximate surface area is 204 Å². The van der Waals surface area contributed by atoms with Gasteiger partial charge in [0.25, 0.3) is 0 Å². The van der Waals surface area contributed by atoms with Gasteiger partial charge in [-0.25, -0.2) is 12.2 Å². The van der Waals surface area contributed by atoms with Gasteiger partial charge in [-0.1, -0.05) is 112 Å². The first-order chi connectivity index (χ1) is 12.5. The molecule has 30 heavy (non-hydrogen) atoms. The molecule has 0 aromatic carbocycles. The van der Waals surface area contributed by atoms with E-state index >= 15 is 0 Å². The molecule has 0 aromatic heterocycles. The Bertz CT molecular complexity index is 433. The van der Waals surface area contributed by atoms with Crippen LogP contribution in [-0.4, -0.2) is 16.8 Å². The molecule has 4 heteroatoms. The summed E-state index contributed by atoms with van der Waals surface area (Å²) in [5, 5.41) is 30.3. The predicted octanol–water partition coefficient (Wildman–Crippen LogP) is 4.90. The number of allylic oxidation sites excluding steroid dienone is 7. The molecule has 0 amide bonds. The van der Waals surface area contributed by atoms with Crippen molar-refractivity contribution in [2.45, 2.75) is 113 Å². The summed E-state index contributed by atoms with van der Waals surface area (Å²) < 4.78 is 0. The van der Waals surface area contributed by atoms with Crippen LogP contribution in [0.4, 0.5) is 0 Å². The van der Waals surface area contributed by atoms with Crippen LogP contribution < -0.4 is 15.3 Å². The molecule has 0 radical (unpaired) electrons. The molecule has 0 spiro atoms. The average Bonchev–Trinajstić information content (AvgIpc) is 2.41. The Morgan fingerprint density at radius 3 is 1.27 bits per heavy atom. The van der Waals surface area contributed by atoms with E-state index in [1.807, 2.05) is 38.2 Å². The van der Waals surface area contributed by atoms with Gasteiger partial charge in [0.2, 0.25) is 0 Å². The normalized spacial score (nSPS) is 14.6. The summed E-state index contributed by atoms with van der Waals surface area (Å²) in [4.78, 5) is 0. The molecule has 1 rings (SSSR count). The van der Waals surface area contributed by atoms with Gasteiger partial charge in [0.15, 0.2) is 0 Å². The average molecular weight is 457 g/mol. The van der Waals surface area contributed by atoms with Gasteiger partial charge in [0.1, 0.15) is 0 Å². The SMILES string of the molecule is C=CC(C)=CC.CC(C)(C)[O-].CC(C)(C)[O-].CC(C)(C)[O-].CC1(C)[C-]=CC=CC1.[Ti+4]. The second-order valence-electron chi connectivity index (χ2n) is 10.4. The second-order valence-corrected chi connectivity index (χ2v) is 10.4. The Balaban J connectivity index is -0.0000000877. The molecule has 0 aliphatic heterocycles. The molecule has 3 nitrogen and oxygen atoms in total. The van der Waals surface area contributed by atoms with Crippen molar-refractivity contribution >= 4 is 0 Å². The van der Waals surface area contributed by atoms with E-state index in [0.717, 1.165) is 6.42 Å². The second kappa shape index (κ2) is 19.3. The smallest absolute Gasteiger partial charge is 0.850 e. The molecule has 0 bridgehead atoms. The van der Waals surface area contributed by atoms with E-state index in [4.69, 9.17) is 0 Å². The van der Waals surface area contributed by atoms with Crippen LogP contribution in [0.1, 0.15) is 96.4 Å². The van der Waals surface area contributed by atoms with Crippen LogP contribution >= 0.6 is 0 Å². The van der Waals surface area contributed by atoms with Gasteiger partial charge in [-0.15, -0.1) is 16.8 Å². The zero-order valence-electron chi connectivity index (χ0n) is 22.0. The Hall–Kier alpha value is -0.446. The maximum Gasteiger partial charge on any atom is 4.00 e. The van der Waals surface area contributed by atoms with Crippen LogP contribution in [0.2, 0.25) is 0 Å². The van der Waals surface area contributed by atoms with Gasteiger partial charge in [-0.05, 0) is 13.8 Å². The van der Waals surface area contributed by atoms with Crippen LogP contribution in [0.15, 0.2) is 42.5 Å². The molecule has 1 aliphatic carbocycles. The minimum Gasteiger partial charge on any atom is -0.850 e. The molecule has 0 heterocycles. The Morgan fingerprint density at radius 1 is 0.900 bits per heavy atom. The monoisotopic (exact) mass is 456 g/mol. The van der Waals surface area contributed by atoms with Gasteiger partial charge in [-0.3, -0.25) is 6.08 Å². The molecule has 0 fully saturated rings. The molecule has 0 saturated heterocycles. The predicted molar refractivity (Wildman–Crippen MR) is 124 cm³/mol. The fourth-order valence-electron chi connectivity index (χ4n) is 0.881. The topological polar surface area (TPSA) is 69.2 Å². The van der Waals surface area contributed by atoms with E-state index in [-0.39, 0.29) is 27.1 Å². The van der Waals surface area contributed by atoms with Crippen molar-refractivity contribution in [2.24, 2.45) is 5.41 Å².